The molecule has 0 spiro atoms. The number of halogens is 4. The molecule has 0 saturated heterocycles. The Morgan fingerprint density at radius 1 is 1.17 bits per heavy atom. The van der Waals surface area contributed by atoms with Crippen LogP contribution in [-0.4, -0.2) is 26.4 Å². The standard InChI is InChI=1S/C20H18ClF3N4OS/c1-2-10-30-19-27-26-17(28(19)14-7-5-6-13(21)11-14)12-25-18(29)15-8-3-4-9-16(15)20(22,23)24/h3-9,11H,2,10,12H2,1H3,(H,25,29). The molecule has 3 rings (SSSR count). The van der Waals surface area contributed by atoms with Gasteiger partial charge in [0.05, 0.1) is 23.4 Å². The molecule has 0 radical (unpaired) electrons. The fourth-order valence-corrected chi connectivity index (χ4v) is 3.77. The van der Waals surface area contributed by atoms with Crippen molar-refractivity contribution in [2.45, 2.75) is 31.2 Å². The van der Waals surface area contributed by atoms with E-state index >= 15 is 0 Å². The minimum absolute atomic E-state index is 0.1000. The molecule has 0 bridgehead atoms. The Labute approximate surface area is 180 Å². The van der Waals surface area contributed by atoms with Gasteiger partial charge in [-0.3, -0.25) is 9.36 Å². The lowest BCUT2D eigenvalue weighted by molar-refractivity contribution is -0.137. The van der Waals surface area contributed by atoms with Crippen molar-refractivity contribution in [1.82, 2.24) is 20.1 Å². The molecule has 10 heteroatoms. The van der Waals surface area contributed by atoms with Crippen molar-refractivity contribution >= 4 is 29.3 Å². The fourth-order valence-electron chi connectivity index (χ4n) is 2.76. The van der Waals surface area contributed by atoms with Crippen molar-refractivity contribution < 1.29 is 18.0 Å². The lowest BCUT2D eigenvalue weighted by atomic mass is 10.1. The third kappa shape index (κ3) is 5.14. The first-order chi connectivity index (χ1) is 14.3. The predicted molar refractivity (Wildman–Crippen MR) is 110 cm³/mol. The molecule has 5 nitrogen and oxygen atoms in total. The second kappa shape index (κ2) is 9.53. The molecule has 0 aliphatic rings. The minimum Gasteiger partial charge on any atom is -0.345 e. The lowest BCUT2D eigenvalue weighted by Gasteiger charge is -2.13. The van der Waals surface area contributed by atoms with E-state index in [4.69, 9.17) is 11.6 Å². The maximum absolute atomic E-state index is 13.2. The van der Waals surface area contributed by atoms with Gasteiger partial charge in [0.1, 0.15) is 0 Å². The molecule has 2 aromatic carbocycles. The SMILES string of the molecule is CCCSc1nnc(CNC(=O)c2ccccc2C(F)(F)F)n1-c1cccc(Cl)c1. The van der Waals surface area contributed by atoms with Crippen LogP contribution in [0.3, 0.4) is 0 Å². The molecule has 1 N–H and O–H groups in total. The molecule has 1 aromatic heterocycles. The number of rotatable bonds is 7. The highest BCUT2D eigenvalue weighted by atomic mass is 35.5. The zero-order chi connectivity index (χ0) is 21.7. The van der Waals surface area contributed by atoms with Crippen molar-refractivity contribution in [2.24, 2.45) is 0 Å². The van der Waals surface area contributed by atoms with Crippen LogP contribution in [0.25, 0.3) is 5.69 Å². The van der Waals surface area contributed by atoms with Crippen LogP contribution < -0.4 is 5.32 Å². The number of carbonyl (C=O) groups excluding carboxylic acids is 1. The number of nitrogens with one attached hydrogen (secondary N) is 1. The Morgan fingerprint density at radius 3 is 2.63 bits per heavy atom. The Bertz CT molecular complexity index is 1040. The zero-order valence-corrected chi connectivity index (χ0v) is 17.5. The van der Waals surface area contributed by atoms with E-state index in [2.05, 4.69) is 15.5 Å². The summed E-state index contributed by atoms with van der Waals surface area (Å²) in [6.45, 7) is 1.93. The number of aromatic nitrogens is 3. The number of thioether (sulfide) groups is 1. The highest BCUT2D eigenvalue weighted by Crippen LogP contribution is 2.32. The molecular formula is C20H18ClF3N4OS. The van der Waals surface area contributed by atoms with E-state index < -0.39 is 23.2 Å². The molecular weight excluding hydrogens is 437 g/mol. The van der Waals surface area contributed by atoms with Crippen LogP contribution in [0.15, 0.2) is 53.7 Å². The minimum atomic E-state index is -4.63. The molecule has 158 valence electrons. The van der Waals surface area contributed by atoms with E-state index in [9.17, 15) is 18.0 Å². The van der Waals surface area contributed by atoms with Gasteiger partial charge in [0, 0.05) is 10.8 Å². The van der Waals surface area contributed by atoms with Crippen molar-refractivity contribution in [1.29, 1.82) is 0 Å². The van der Waals surface area contributed by atoms with Gasteiger partial charge < -0.3 is 5.32 Å². The van der Waals surface area contributed by atoms with Crippen LogP contribution in [0.2, 0.25) is 5.02 Å². The van der Waals surface area contributed by atoms with Gasteiger partial charge in [-0.05, 0) is 36.8 Å². The highest BCUT2D eigenvalue weighted by molar-refractivity contribution is 7.99. The molecule has 0 aliphatic carbocycles. The maximum atomic E-state index is 13.2. The van der Waals surface area contributed by atoms with E-state index in [1.54, 1.807) is 22.8 Å². The largest absolute Gasteiger partial charge is 0.417 e. The van der Waals surface area contributed by atoms with Crippen LogP contribution >= 0.6 is 23.4 Å². The van der Waals surface area contributed by atoms with Gasteiger partial charge in [-0.25, -0.2) is 0 Å². The number of nitrogens with zero attached hydrogens (tertiary/aromatic N) is 3. The summed E-state index contributed by atoms with van der Waals surface area (Å²) in [7, 11) is 0. The summed E-state index contributed by atoms with van der Waals surface area (Å²) in [5.74, 6) is 0.351. The van der Waals surface area contributed by atoms with Crippen LogP contribution in [0.4, 0.5) is 13.2 Å². The quantitative estimate of drug-likeness (QED) is 0.487. The Kier molecular flexibility index (Phi) is 7.04. The monoisotopic (exact) mass is 454 g/mol. The van der Waals surface area contributed by atoms with Gasteiger partial charge >= 0.3 is 6.18 Å². The van der Waals surface area contributed by atoms with Gasteiger partial charge in [0.25, 0.3) is 5.91 Å². The first-order valence-electron chi connectivity index (χ1n) is 9.08. The number of hydrogen-bond acceptors (Lipinski definition) is 4. The Balaban J connectivity index is 1.87. The summed E-state index contributed by atoms with van der Waals surface area (Å²) >= 11 is 7.59. The third-order valence-corrected chi connectivity index (χ3v) is 5.46. The molecule has 30 heavy (non-hydrogen) atoms. The summed E-state index contributed by atoms with van der Waals surface area (Å²) in [6.07, 6.45) is -3.70. The van der Waals surface area contributed by atoms with Crippen LogP contribution in [0.5, 0.6) is 0 Å². The summed E-state index contributed by atoms with van der Waals surface area (Å²) in [5.41, 5.74) is -0.733. The number of hydrogen-bond donors (Lipinski definition) is 1. The number of alkyl halides is 3. The lowest BCUT2D eigenvalue weighted by Crippen LogP contribution is -2.27. The number of amides is 1. The Hall–Kier alpha value is -2.52. The van der Waals surface area contributed by atoms with Crippen molar-refractivity contribution in [3.05, 3.63) is 70.5 Å². The van der Waals surface area contributed by atoms with E-state index in [1.165, 1.54) is 23.9 Å². The molecule has 0 saturated carbocycles. The summed E-state index contributed by atoms with van der Waals surface area (Å²) < 4.78 is 41.3. The fraction of sp³-hybridized carbons (Fsp3) is 0.250. The van der Waals surface area contributed by atoms with Crippen molar-refractivity contribution in [3.8, 4) is 5.69 Å². The second-order valence-corrected chi connectivity index (χ2v) is 7.79. The molecule has 3 aromatic rings. The molecule has 0 fully saturated rings. The number of benzene rings is 2. The molecule has 1 amide bonds. The van der Waals surface area contributed by atoms with E-state index in [-0.39, 0.29) is 6.54 Å². The first-order valence-corrected chi connectivity index (χ1v) is 10.4. The Morgan fingerprint density at radius 2 is 1.93 bits per heavy atom. The van der Waals surface area contributed by atoms with Gasteiger partial charge in [-0.2, -0.15) is 13.2 Å². The normalized spacial score (nSPS) is 11.5. The average molecular weight is 455 g/mol. The zero-order valence-electron chi connectivity index (χ0n) is 15.9. The van der Waals surface area contributed by atoms with Gasteiger partial charge in [0.15, 0.2) is 11.0 Å². The van der Waals surface area contributed by atoms with E-state index in [1.807, 2.05) is 13.0 Å². The third-order valence-electron chi connectivity index (χ3n) is 4.09. The summed E-state index contributed by atoms with van der Waals surface area (Å²) in [4.78, 5) is 12.5. The predicted octanol–water partition coefficient (Wildman–Crippen LogP) is 5.37. The average Bonchev–Trinajstić information content (AvgIpc) is 3.12. The summed E-state index contributed by atoms with van der Waals surface area (Å²) in [6, 6.07) is 11.7. The van der Waals surface area contributed by atoms with Crippen molar-refractivity contribution in [3.63, 3.8) is 0 Å². The summed E-state index contributed by atoms with van der Waals surface area (Å²) in [5, 5.41) is 11.9. The number of carbonyl (C=O) groups is 1. The van der Waals surface area contributed by atoms with Crippen LogP contribution in [0.1, 0.15) is 35.1 Å². The molecule has 1 heterocycles. The smallest absolute Gasteiger partial charge is 0.345 e. The van der Waals surface area contributed by atoms with E-state index in [0.717, 1.165) is 24.3 Å². The van der Waals surface area contributed by atoms with Crippen LogP contribution in [-0.2, 0) is 12.7 Å². The topological polar surface area (TPSA) is 59.8 Å². The van der Waals surface area contributed by atoms with E-state index in [0.29, 0.717) is 21.7 Å². The highest BCUT2D eigenvalue weighted by Gasteiger charge is 2.34. The van der Waals surface area contributed by atoms with Crippen molar-refractivity contribution in [2.75, 3.05) is 5.75 Å². The van der Waals surface area contributed by atoms with Crippen LogP contribution in [0, 0.1) is 0 Å². The van der Waals surface area contributed by atoms with Gasteiger partial charge in [-0.1, -0.05) is 48.5 Å². The first kappa shape index (κ1) is 22.2. The van der Waals surface area contributed by atoms with Gasteiger partial charge in [0.2, 0.25) is 0 Å². The maximum Gasteiger partial charge on any atom is 0.417 e. The second-order valence-electron chi connectivity index (χ2n) is 6.29. The molecule has 0 aliphatic heterocycles. The van der Waals surface area contributed by atoms with Gasteiger partial charge in [-0.15, -0.1) is 10.2 Å². The molecule has 0 atom stereocenters. The molecule has 0 unspecified atom stereocenters.